The van der Waals surface area contributed by atoms with Crippen LogP contribution in [0.2, 0.25) is 0 Å². The Balaban J connectivity index is 1.87. The third-order valence-electron chi connectivity index (χ3n) is 5.23. The Bertz CT molecular complexity index is 958. The first-order valence-electron chi connectivity index (χ1n) is 9.55. The summed E-state index contributed by atoms with van der Waals surface area (Å²) in [5.41, 5.74) is 5.12. The van der Waals surface area contributed by atoms with E-state index in [0.29, 0.717) is 0 Å². The number of nitrogens with one attached hydrogen (secondary N) is 1. The Hall–Kier alpha value is -2.89. The summed E-state index contributed by atoms with van der Waals surface area (Å²) in [4.78, 5) is 19.0. The van der Waals surface area contributed by atoms with Gasteiger partial charge in [-0.05, 0) is 49.9 Å². The van der Waals surface area contributed by atoms with Crippen LogP contribution in [0.5, 0.6) is 0 Å². The molecule has 27 heavy (non-hydrogen) atoms. The molecular weight excluding hydrogens is 338 g/mol. The smallest absolute Gasteiger partial charge is 0.217 e. The summed E-state index contributed by atoms with van der Waals surface area (Å²) in [5, 5.41) is 7.60. The van der Waals surface area contributed by atoms with Crippen LogP contribution in [-0.4, -0.2) is 33.6 Å². The van der Waals surface area contributed by atoms with Gasteiger partial charge in [-0.25, -0.2) is 9.50 Å². The maximum Gasteiger partial charge on any atom is 0.217 e. The Morgan fingerprint density at radius 1 is 1.15 bits per heavy atom. The molecule has 1 aliphatic heterocycles. The van der Waals surface area contributed by atoms with Gasteiger partial charge in [-0.1, -0.05) is 12.1 Å². The lowest BCUT2D eigenvalue weighted by Gasteiger charge is -2.33. The normalized spacial score (nSPS) is 15.7. The van der Waals surface area contributed by atoms with E-state index in [1.807, 2.05) is 22.8 Å². The Morgan fingerprint density at radius 2 is 1.96 bits per heavy atom. The average Bonchev–Trinajstić information content (AvgIpc) is 3.11. The van der Waals surface area contributed by atoms with Gasteiger partial charge in [0.1, 0.15) is 6.04 Å². The lowest BCUT2D eigenvalue weighted by atomic mass is 9.95. The summed E-state index contributed by atoms with van der Waals surface area (Å²) < 4.78 is 1.81. The van der Waals surface area contributed by atoms with Crippen molar-refractivity contribution in [1.29, 1.82) is 0 Å². The number of aryl methyl sites for hydroxylation is 1. The molecule has 140 valence electrons. The molecule has 6 nitrogen and oxygen atoms in total. The minimum absolute atomic E-state index is 0.0706. The lowest BCUT2D eigenvalue weighted by molar-refractivity contribution is -0.119. The number of fused-ring (bicyclic) bond motifs is 1. The Kier molecular flexibility index (Phi) is 4.79. The number of carbonyl (C=O) groups is 1. The van der Waals surface area contributed by atoms with E-state index in [-0.39, 0.29) is 11.9 Å². The van der Waals surface area contributed by atoms with Crippen molar-refractivity contribution >= 4 is 17.2 Å². The first-order valence-corrected chi connectivity index (χ1v) is 9.55. The minimum Gasteiger partial charge on any atom is -0.371 e. The Labute approximate surface area is 159 Å². The van der Waals surface area contributed by atoms with Crippen molar-refractivity contribution in [3.8, 4) is 0 Å². The molecule has 1 N–H and O–H groups in total. The molecule has 1 aliphatic rings. The molecule has 0 radical (unpaired) electrons. The summed E-state index contributed by atoms with van der Waals surface area (Å²) in [6.07, 6.45) is 7.25. The molecule has 1 unspecified atom stereocenters. The van der Waals surface area contributed by atoms with E-state index < -0.39 is 0 Å². The zero-order chi connectivity index (χ0) is 18.8. The maximum atomic E-state index is 12.1. The van der Waals surface area contributed by atoms with Crippen LogP contribution < -0.4 is 10.2 Å². The van der Waals surface area contributed by atoms with Gasteiger partial charge in [0.05, 0.1) is 11.9 Å². The van der Waals surface area contributed by atoms with Crippen LogP contribution in [0.15, 0.2) is 42.7 Å². The van der Waals surface area contributed by atoms with E-state index in [1.54, 1.807) is 13.1 Å². The minimum atomic E-state index is -0.300. The molecule has 1 aromatic carbocycles. The van der Waals surface area contributed by atoms with Crippen LogP contribution in [-0.2, 0) is 4.79 Å². The van der Waals surface area contributed by atoms with Gasteiger partial charge in [-0.2, -0.15) is 5.10 Å². The topological polar surface area (TPSA) is 62.5 Å². The number of piperidine rings is 1. The van der Waals surface area contributed by atoms with E-state index in [0.717, 1.165) is 35.6 Å². The monoisotopic (exact) mass is 363 g/mol. The van der Waals surface area contributed by atoms with Crippen molar-refractivity contribution in [3.05, 3.63) is 59.5 Å². The largest absolute Gasteiger partial charge is 0.371 e. The zero-order valence-corrected chi connectivity index (χ0v) is 15.9. The standard InChI is InChI=1S/C21H25N5O/c1-15-8-6-9-17(25-12-4-3-5-13-25)20(15)21(24-16(2)27)18-14-22-19-10-7-11-23-26(18)19/h6-11,14,21H,3-5,12-13H2,1-2H3,(H,24,27). The number of aromatic nitrogens is 3. The van der Waals surface area contributed by atoms with Gasteiger partial charge in [-0.3, -0.25) is 4.79 Å². The summed E-state index contributed by atoms with van der Waals surface area (Å²) in [7, 11) is 0. The fourth-order valence-electron chi connectivity index (χ4n) is 3.99. The fraction of sp³-hybridized carbons (Fsp3) is 0.381. The average molecular weight is 363 g/mol. The SMILES string of the molecule is CC(=O)NC(c1c(C)cccc1N1CCCCC1)c1cnc2cccnn12. The zero-order valence-electron chi connectivity index (χ0n) is 15.9. The second-order valence-electron chi connectivity index (χ2n) is 7.17. The van der Waals surface area contributed by atoms with Crippen molar-refractivity contribution in [2.45, 2.75) is 39.2 Å². The third-order valence-corrected chi connectivity index (χ3v) is 5.23. The molecule has 3 aromatic rings. The molecule has 2 aromatic heterocycles. The first kappa shape index (κ1) is 17.5. The summed E-state index contributed by atoms with van der Waals surface area (Å²) in [6, 6.07) is 9.86. The van der Waals surface area contributed by atoms with E-state index in [2.05, 4.69) is 45.4 Å². The van der Waals surface area contributed by atoms with Crippen molar-refractivity contribution in [2.24, 2.45) is 0 Å². The number of hydrogen-bond acceptors (Lipinski definition) is 4. The summed E-state index contributed by atoms with van der Waals surface area (Å²) >= 11 is 0. The number of amides is 1. The second kappa shape index (κ2) is 7.39. The van der Waals surface area contributed by atoms with Crippen LogP contribution in [0, 0.1) is 6.92 Å². The van der Waals surface area contributed by atoms with E-state index >= 15 is 0 Å². The van der Waals surface area contributed by atoms with E-state index in [1.165, 1.54) is 24.9 Å². The predicted molar refractivity (Wildman–Crippen MR) is 106 cm³/mol. The number of rotatable bonds is 4. The van der Waals surface area contributed by atoms with Crippen LogP contribution >= 0.6 is 0 Å². The van der Waals surface area contributed by atoms with Crippen molar-refractivity contribution in [3.63, 3.8) is 0 Å². The molecule has 0 spiro atoms. The van der Waals surface area contributed by atoms with Crippen molar-refractivity contribution < 1.29 is 4.79 Å². The molecule has 4 rings (SSSR count). The van der Waals surface area contributed by atoms with Gasteiger partial charge in [0.25, 0.3) is 0 Å². The van der Waals surface area contributed by atoms with Crippen molar-refractivity contribution in [2.75, 3.05) is 18.0 Å². The van der Waals surface area contributed by atoms with Crippen LogP contribution in [0.1, 0.15) is 49.0 Å². The molecule has 0 aliphatic carbocycles. The molecule has 1 atom stereocenters. The van der Waals surface area contributed by atoms with Gasteiger partial charge >= 0.3 is 0 Å². The highest BCUT2D eigenvalue weighted by Gasteiger charge is 2.26. The number of imidazole rings is 1. The van der Waals surface area contributed by atoms with Gasteiger partial charge in [-0.15, -0.1) is 0 Å². The number of carbonyl (C=O) groups excluding carboxylic acids is 1. The molecule has 1 fully saturated rings. The van der Waals surface area contributed by atoms with Gasteiger partial charge in [0.2, 0.25) is 5.91 Å². The highest BCUT2D eigenvalue weighted by atomic mass is 16.1. The van der Waals surface area contributed by atoms with Crippen LogP contribution in [0.4, 0.5) is 5.69 Å². The number of nitrogens with zero attached hydrogens (tertiary/aromatic N) is 4. The number of benzene rings is 1. The second-order valence-corrected chi connectivity index (χ2v) is 7.17. The summed E-state index contributed by atoms with van der Waals surface area (Å²) in [5.74, 6) is -0.0706. The van der Waals surface area contributed by atoms with Crippen LogP contribution in [0.25, 0.3) is 5.65 Å². The molecule has 3 heterocycles. The fourth-order valence-corrected chi connectivity index (χ4v) is 3.99. The maximum absolute atomic E-state index is 12.1. The van der Waals surface area contributed by atoms with E-state index in [9.17, 15) is 4.79 Å². The highest BCUT2D eigenvalue weighted by molar-refractivity contribution is 5.75. The van der Waals surface area contributed by atoms with Crippen LogP contribution in [0.3, 0.4) is 0 Å². The summed E-state index contributed by atoms with van der Waals surface area (Å²) in [6.45, 7) is 5.76. The highest BCUT2D eigenvalue weighted by Crippen LogP contribution is 2.35. The quantitative estimate of drug-likeness (QED) is 0.773. The lowest BCUT2D eigenvalue weighted by Crippen LogP contribution is -2.34. The number of hydrogen-bond donors (Lipinski definition) is 1. The van der Waals surface area contributed by atoms with E-state index in [4.69, 9.17) is 0 Å². The predicted octanol–water partition coefficient (Wildman–Crippen LogP) is 3.25. The Morgan fingerprint density at radius 3 is 2.74 bits per heavy atom. The van der Waals surface area contributed by atoms with Gasteiger partial charge in [0.15, 0.2) is 5.65 Å². The molecule has 6 heteroatoms. The molecule has 0 saturated carbocycles. The van der Waals surface area contributed by atoms with Gasteiger partial charge < -0.3 is 10.2 Å². The van der Waals surface area contributed by atoms with Gasteiger partial charge in [0, 0.05) is 37.5 Å². The molecular formula is C21H25N5O. The molecule has 0 bridgehead atoms. The molecule has 1 saturated heterocycles. The van der Waals surface area contributed by atoms with Crippen molar-refractivity contribution in [1.82, 2.24) is 19.9 Å². The molecule has 1 amide bonds. The first-order chi connectivity index (χ1) is 13.1. The number of anilines is 1. The third kappa shape index (κ3) is 3.39.